The maximum Gasteiger partial charge on any atom is 0.170 e. The van der Waals surface area contributed by atoms with Crippen molar-refractivity contribution in [3.63, 3.8) is 0 Å². The lowest BCUT2D eigenvalue weighted by molar-refractivity contribution is 0.0990. The van der Waals surface area contributed by atoms with Crippen LogP contribution in [0.3, 0.4) is 0 Å². The fraction of sp³-hybridized carbons (Fsp3) is 0.0952. The number of ether oxygens (including phenoxy) is 1. The van der Waals surface area contributed by atoms with E-state index in [2.05, 4.69) is 0 Å². The third kappa shape index (κ3) is 4.44. The zero-order valence-electron chi connectivity index (χ0n) is 13.5. The highest BCUT2D eigenvalue weighted by Crippen LogP contribution is 2.25. The number of Topliss-reactive ketones (excluding diaryl/α,β-unsaturated/α-hetero) is 1. The molecular weight excluding hydrogens is 319 g/mol. The Morgan fingerprint density at radius 1 is 0.920 bits per heavy atom. The molecule has 0 bridgehead atoms. The molecule has 4 heteroatoms. The van der Waals surface area contributed by atoms with Crippen molar-refractivity contribution in [2.45, 2.75) is 13.0 Å². The minimum Gasteiger partial charge on any atom is -0.507 e. The molecule has 0 saturated heterocycles. The van der Waals surface area contributed by atoms with Gasteiger partial charge < -0.3 is 9.84 Å². The number of rotatable bonds is 6. The predicted octanol–water partition coefficient (Wildman–Crippen LogP) is 4.54. The van der Waals surface area contributed by atoms with Crippen LogP contribution in [0.1, 0.15) is 21.5 Å². The average molecular weight is 336 g/mol. The standard InChI is InChI=1S/C21H17FO3/c22-17-8-6-15(7-9-17)12-20(23)19-11-10-18(13-21(19)24)25-14-16-4-2-1-3-5-16/h1-11,13,24H,12,14H2. The number of ketones is 1. The number of carbonyl (C=O) groups excluding carboxylic acids is 1. The van der Waals surface area contributed by atoms with Crippen LogP contribution in [-0.4, -0.2) is 10.9 Å². The molecule has 0 aromatic heterocycles. The van der Waals surface area contributed by atoms with Crippen molar-refractivity contribution in [3.8, 4) is 11.5 Å². The van der Waals surface area contributed by atoms with Gasteiger partial charge in [0.25, 0.3) is 0 Å². The van der Waals surface area contributed by atoms with E-state index < -0.39 is 0 Å². The molecule has 0 saturated carbocycles. The summed E-state index contributed by atoms with van der Waals surface area (Å²) < 4.78 is 18.5. The molecular formula is C21H17FO3. The molecule has 0 aliphatic heterocycles. The van der Waals surface area contributed by atoms with Gasteiger partial charge in [0, 0.05) is 12.5 Å². The van der Waals surface area contributed by atoms with Gasteiger partial charge in [0.1, 0.15) is 23.9 Å². The van der Waals surface area contributed by atoms with Gasteiger partial charge in [-0.3, -0.25) is 4.79 Å². The molecule has 3 rings (SSSR count). The van der Waals surface area contributed by atoms with Crippen LogP contribution in [0, 0.1) is 5.82 Å². The van der Waals surface area contributed by atoms with Crippen molar-refractivity contribution in [2.75, 3.05) is 0 Å². The summed E-state index contributed by atoms with van der Waals surface area (Å²) in [6.07, 6.45) is 0.0953. The summed E-state index contributed by atoms with van der Waals surface area (Å²) >= 11 is 0. The van der Waals surface area contributed by atoms with Crippen LogP contribution in [0.2, 0.25) is 0 Å². The van der Waals surface area contributed by atoms with Crippen LogP contribution in [0.5, 0.6) is 11.5 Å². The second kappa shape index (κ2) is 7.62. The van der Waals surface area contributed by atoms with E-state index in [9.17, 15) is 14.3 Å². The Morgan fingerprint density at radius 3 is 2.32 bits per heavy atom. The largest absolute Gasteiger partial charge is 0.507 e. The molecule has 3 aromatic carbocycles. The first-order valence-corrected chi connectivity index (χ1v) is 7.89. The van der Waals surface area contributed by atoms with Gasteiger partial charge in [0.15, 0.2) is 5.78 Å². The molecule has 0 fully saturated rings. The van der Waals surface area contributed by atoms with Gasteiger partial charge in [0.05, 0.1) is 5.56 Å². The molecule has 25 heavy (non-hydrogen) atoms. The molecule has 3 aromatic rings. The molecule has 1 N–H and O–H groups in total. The molecule has 0 spiro atoms. The number of hydrogen-bond donors (Lipinski definition) is 1. The van der Waals surface area contributed by atoms with Crippen LogP contribution in [-0.2, 0) is 13.0 Å². The smallest absolute Gasteiger partial charge is 0.170 e. The Labute approximate surface area is 145 Å². The normalized spacial score (nSPS) is 10.4. The van der Waals surface area contributed by atoms with Gasteiger partial charge in [-0.25, -0.2) is 4.39 Å². The van der Waals surface area contributed by atoms with E-state index in [0.29, 0.717) is 17.9 Å². The Hall–Kier alpha value is -3.14. The molecule has 0 amide bonds. The Kier molecular flexibility index (Phi) is 5.09. The Morgan fingerprint density at radius 2 is 1.64 bits per heavy atom. The molecule has 0 radical (unpaired) electrons. The summed E-state index contributed by atoms with van der Waals surface area (Å²) in [6, 6.07) is 20.0. The maximum absolute atomic E-state index is 12.9. The first-order chi connectivity index (χ1) is 12.1. The molecule has 0 aliphatic carbocycles. The summed E-state index contributed by atoms with van der Waals surface area (Å²) in [5, 5.41) is 10.1. The second-order valence-electron chi connectivity index (χ2n) is 5.68. The van der Waals surface area contributed by atoms with E-state index in [4.69, 9.17) is 4.74 Å². The number of aromatic hydroxyl groups is 1. The van der Waals surface area contributed by atoms with Crippen LogP contribution in [0.25, 0.3) is 0 Å². The van der Waals surface area contributed by atoms with Gasteiger partial charge in [-0.1, -0.05) is 42.5 Å². The van der Waals surface area contributed by atoms with Crippen molar-refractivity contribution in [1.29, 1.82) is 0 Å². The van der Waals surface area contributed by atoms with Crippen LogP contribution >= 0.6 is 0 Å². The lowest BCUT2D eigenvalue weighted by Crippen LogP contribution is -2.04. The second-order valence-corrected chi connectivity index (χ2v) is 5.68. The molecule has 126 valence electrons. The van der Waals surface area contributed by atoms with Gasteiger partial charge in [-0.05, 0) is 35.4 Å². The summed E-state index contributed by atoms with van der Waals surface area (Å²) in [4.78, 5) is 12.3. The van der Waals surface area contributed by atoms with Crippen LogP contribution in [0.4, 0.5) is 4.39 Å². The average Bonchev–Trinajstić information content (AvgIpc) is 2.63. The van der Waals surface area contributed by atoms with Crippen molar-refractivity contribution < 1.29 is 19.0 Å². The lowest BCUT2D eigenvalue weighted by atomic mass is 10.0. The number of halogens is 1. The number of benzene rings is 3. The number of hydrogen-bond acceptors (Lipinski definition) is 3. The highest BCUT2D eigenvalue weighted by atomic mass is 19.1. The summed E-state index contributed by atoms with van der Waals surface area (Å²) in [5.74, 6) is -0.227. The fourth-order valence-corrected chi connectivity index (χ4v) is 2.46. The van der Waals surface area contributed by atoms with Gasteiger partial charge in [0.2, 0.25) is 0 Å². The third-order valence-electron chi connectivity index (χ3n) is 3.80. The molecule has 3 nitrogen and oxygen atoms in total. The van der Waals surface area contributed by atoms with Crippen LogP contribution < -0.4 is 4.74 Å². The first-order valence-electron chi connectivity index (χ1n) is 7.89. The highest BCUT2D eigenvalue weighted by Gasteiger charge is 2.13. The molecule has 0 aliphatic rings. The quantitative estimate of drug-likeness (QED) is 0.673. The van der Waals surface area contributed by atoms with Crippen molar-refractivity contribution >= 4 is 5.78 Å². The Bertz CT molecular complexity index is 858. The van der Waals surface area contributed by atoms with E-state index in [-0.39, 0.29) is 29.3 Å². The van der Waals surface area contributed by atoms with E-state index in [0.717, 1.165) is 5.56 Å². The molecule has 0 heterocycles. The Balaban J connectivity index is 1.66. The summed E-state index contributed by atoms with van der Waals surface area (Å²) in [5.41, 5.74) is 1.92. The zero-order chi connectivity index (χ0) is 17.6. The third-order valence-corrected chi connectivity index (χ3v) is 3.80. The molecule has 0 atom stereocenters. The summed E-state index contributed by atoms with van der Waals surface area (Å²) in [7, 11) is 0. The van der Waals surface area contributed by atoms with E-state index in [1.165, 1.54) is 18.2 Å². The van der Waals surface area contributed by atoms with Gasteiger partial charge in [-0.15, -0.1) is 0 Å². The number of phenolic OH excluding ortho intramolecular Hbond substituents is 1. The highest BCUT2D eigenvalue weighted by molar-refractivity contribution is 6.00. The van der Waals surface area contributed by atoms with Crippen molar-refractivity contribution in [3.05, 3.63) is 95.3 Å². The number of phenols is 1. The zero-order valence-corrected chi connectivity index (χ0v) is 13.5. The van der Waals surface area contributed by atoms with Gasteiger partial charge in [-0.2, -0.15) is 0 Å². The molecule has 0 unspecified atom stereocenters. The van der Waals surface area contributed by atoms with Gasteiger partial charge >= 0.3 is 0 Å². The van der Waals surface area contributed by atoms with Crippen LogP contribution in [0.15, 0.2) is 72.8 Å². The van der Waals surface area contributed by atoms with E-state index >= 15 is 0 Å². The SMILES string of the molecule is O=C(Cc1ccc(F)cc1)c1ccc(OCc2ccccc2)cc1O. The van der Waals surface area contributed by atoms with E-state index in [1.807, 2.05) is 30.3 Å². The monoisotopic (exact) mass is 336 g/mol. The maximum atomic E-state index is 12.9. The van der Waals surface area contributed by atoms with E-state index in [1.54, 1.807) is 24.3 Å². The predicted molar refractivity (Wildman–Crippen MR) is 93.3 cm³/mol. The number of carbonyl (C=O) groups is 1. The first kappa shape index (κ1) is 16.7. The minimum atomic E-state index is -0.348. The lowest BCUT2D eigenvalue weighted by Gasteiger charge is -2.09. The van der Waals surface area contributed by atoms with Crippen molar-refractivity contribution in [2.24, 2.45) is 0 Å². The fourth-order valence-electron chi connectivity index (χ4n) is 2.46. The van der Waals surface area contributed by atoms with Crippen molar-refractivity contribution in [1.82, 2.24) is 0 Å². The summed E-state index contributed by atoms with van der Waals surface area (Å²) in [6.45, 7) is 0.378. The minimum absolute atomic E-state index is 0.0953. The topological polar surface area (TPSA) is 46.5 Å².